The molecule has 0 unspecified atom stereocenters. The van der Waals surface area contributed by atoms with Crippen LogP contribution in [-0.4, -0.2) is 19.8 Å². The van der Waals surface area contributed by atoms with Crippen LogP contribution in [0, 0.1) is 30.3 Å². The van der Waals surface area contributed by atoms with E-state index in [0.29, 0.717) is 17.8 Å². The third kappa shape index (κ3) is 3.69. The molecule has 1 heterocycles. The maximum Gasteiger partial charge on any atom is 0.306 e. The highest BCUT2D eigenvalue weighted by molar-refractivity contribution is 7.14. The highest BCUT2D eigenvalue weighted by atomic mass is 32.1. The number of aromatic nitrogens is 1. The molecule has 0 atom stereocenters. The Bertz CT molecular complexity index is 1020. The number of hydrogen-bond donors (Lipinski definition) is 1. The summed E-state index contributed by atoms with van der Waals surface area (Å²) >= 11 is 1.09. The average Bonchev–Trinajstić information content (AvgIpc) is 3.10. The molecule has 12 heteroatoms. The molecule has 0 bridgehead atoms. The molecule has 0 aliphatic carbocycles. The van der Waals surface area contributed by atoms with E-state index in [9.17, 15) is 30.3 Å². The zero-order valence-corrected chi connectivity index (χ0v) is 14.1. The molecule has 1 aromatic heterocycles. The number of anilines is 2. The SMILES string of the molecule is O=[N+]([O-])c1cc([N+](=O)[O-])c(Nc2nc(-c3ccccc3)cs2)c([N+](=O)[O-])c1. The minimum Gasteiger partial charge on any atom is -0.320 e. The number of nitrogens with one attached hydrogen (secondary N) is 1. The molecule has 1 N–H and O–H groups in total. The molecule has 27 heavy (non-hydrogen) atoms. The van der Waals surface area contributed by atoms with Crippen LogP contribution in [0.2, 0.25) is 0 Å². The van der Waals surface area contributed by atoms with E-state index in [2.05, 4.69) is 10.3 Å². The molecule has 0 saturated heterocycles. The van der Waals surface area contributed by atoms with Crippen molar-refractivity contribution in [3.63, 3.8) is 0 Å². The number of non-ortho nitro benzene ring substituents is 1. The van der Waals surface area contributed by atoms with Crippen molar-refractivity contribution in [1.29, 1.82) is 0 Å². The van der Waals surface area contributed by atoms with Crippen LogP contribution in [0.1, 0.15) is 0 Å². The lowest BCUT2D eigenvalue weighted by atomic mass is 10.2. The zero-order valence-electron chi connectivity index (χ0n) is 13.3. The van der Waals surface area contributed by atoms with Crippen molar-refractivity contribution in [1.82, 2.24) is 4.98 Å². The summed E-state index contributed by atoms with van der Waals surface area (Å²) in [7, 11) is 0. The highest BCUT2D eigenvalue weighted by Crippen LogP contribution is 2.40. The lowest BCUT2D eigenvalue weighted by Crippen LogP contribution is -2.03. The first-order valence-corrected chi connectivity index (χ1v) is 8.14. The summed E-state index contributed by atoms with van der Waals surface area (Å²) in [6.45, 7) is 0. The van der Waals surface area contributed by atoms with Gasteiger partial charge in [0, 0.05) is 10.9 Å². The highest BCUT2D eigenvalue weighted by Gasteiger charge is 2.31. The van der Waals surface area contributed by atoms with Crippen LogP contribution < -0.4 is 5.32 Å². The van der Waals surface area contributed by atoms with Gasteiger partial charge in [0.25, 0.3) is 5.69 Å². The van der Waals surface area contributed by atoms with E-state index in [0.717, 1.165) is 16.9 Å². The van der Waals surface area contributed by atoms with Gasteiger partial charge in [-0.15, -0.1) is 11.3 Å². The van der Waals surface area contributed by atoms with Crippen molar-refractivity contribution >= 4 is 39.2 Å². The number of nitrogens with zero attached hydrogens (tertiary/aromatic N) is 4. The Morgan fingerprint density at radius 1 is 0.889 bits per heavy atom. The van der Waals surface area contributed by atoms with E-state index < -0.39 is 37.5 Å². The van der Waals surface area contributed by atoms with E-state index in [1.54, 1.807) is 5.38 Å². The van der Waals surface area contributed by atoms with E-state index in [-0.39, 0.29) is 5.13 Å². The van der Waals surface area contributed by atoms with Crippen LogP contribution in [0.5, 0.6) is 0 Å². The minimum atomic E-state index is -0.930. The summed E-state index contributed by atoms with van der Waals surface area (Å²) in [6.07, 6.45) is 0. The predicted molar refractivity (Wildman–Crippen MR) is 97.2 cm³/mol. The summed E-state index contributed by atoms with van der Waals surface area (Å²) in [6, 6.07) is 10.4. The van der Waals surface area contributed by atoms with Gasteiger partial charge in [-0.2, -0.15) is 0 Å². The van der Waals surface area contributed by atoms with Crippen molar-refractivity contribution in [3.05, 3.63) is 78.2 Å². The molecule has 11 nitrogen and oxygen atoms in total. The van der Waals surface area contributed by atoms with Crippen LogP contribution in [0.4, 0.5) is 27.9 Å². The third-order valence-electron chi connectivity index (χ3n) is 3.49. The fourth-order valence-corrected chi connectivity index (χ4v) is 3.02. The molecule has 136 valence electrons. The van der Waals surface area contributed by atoms with Gasteiger partial charge in [0.1, 0.15) is 0 Å². The fraction of sp³-hybridized carbons (Fsp3) is 0. The molecule has 0 fully saturated rings. The first-order valence-electron chi connectivity index (χ1n) is 7.26. The maximum atomic E-state index is 11.3. The topological polar surface area (TPSA) is 154 Å². The first-order chi connectivity index (χ1) is 12.9. The lowest BCUT2D eigenvalue weighted by Gasteiger charge is -2.05. The molecule has 0 spiro atoms. The Balaban J connectivity index is 2.06. The standard InChI is InChI=1S/C15H9N5O6S/c21-18(22)10-6-12(19(23)24)14(13(7-10)20(25)26)17-15-16-11(8-27-15)9-4-2-1-3-5-9/h1-8H,(H,16,17). The van der Waals surface area contributed by atoms with Gasteiger partial charge < -0.3 is 5.32 Å². The first kappa shape index (κ1) is 17.9. The van der Waals surface area contributed by atoms with Crippen LogP contribution in [0.15, 0.2) is 47.8 Å². The maximum absolute atomic E-state index is 11.3. The number of nitro groups is 3. The Morgan fingerprint density at radius 2 is 1.48 bits per heavy atom. The number of hydrogen-bond acceptors (Lipinski definition) is 9. The Kier molecular flexibility index (Phi) is 4.72. The van der Waals surface area contributed by atoms with Crippen LogP contribution in [-0.2, 0) is 0 Å². The zero-order chi connectivity index (χ0) is 19.6. The molecule has 2 aromatic carbocycles. The van der Waals surface area contributed by atoms with Gasteiger partial charge in [-0.1, -0.05) is 30.3 Å². The largest absolute Gasteiger partial charge is 0.320 e. The summed E-state index contributed by atoms with van der Waals surface area (Å²) in [4.78, 5) is 35.0. The monoisotopic (exact) mass is 387 g/mol. The summed E-state index contributed by atoms with van der Waals surface area (Å²) in [5.74, 6) is 0. The van der Waals surface area contributed by atoms with Crippen molar-refractivity contribution in [2.45, 2.75) is 0 Å². The average molecular weight is 387 g/mol. The smallest absolute Gasteiger partial charge is 0.306 e. The molecule has 0 amide bonds. The van der Waals surface area contributed by atoms with E-state index in [1.165, 1.54) is 0 Å². The van der Waals surface area contributed by atoms with Crippen LogP contribution in [0.3, 0.4) is 0 Å². The van der Waals surface area contributed by atoms with Gasteiger partial charge in [-0.05, 0) is 0 Å². The number of benzene rings is 2. The quantitative estimate of drug-likeness (QED) is 0.485. The van der Waals surface area contributed by atoms with Gasteiger partial charge in [-0.25, -0.2) is 4.98 Å². The molecular weight excluding hydrogens is 378 g/mol. The number of rotatable bonds is 6. The molecule has 0 aliphatic rings. The van der Waals surface area contributed by atoms with Gasteiger partial charge in [0.15, 0.2) is 10.8 Å². The summed E-state index contributed by atoms with van der Waals surface area (Å²) in [5, 5.41) is 37.9. The Labute approximate surface area is 154 Å². The van der Waals surface area contributed by atoms with Crippen molar-refractivity contribution in [2.24, 2.45) is 0 Å². The predicted octanol–water partition coefficient (Wildman–Crippen LogP) is 4.28. The Hall–Kier alpha value is -3.93. The fourth-order valence-electron chi connectivity index (χ4n) is 2.30. The summed E-state index contributed by atoms with van der Waals surface area (Å²) in [5.41, 5.74) is -1.41. The molecule has 0 radical (unpaired) electrons. The van der Waals surface area contributed by atoms with Gasteiger partial charge in [0.2, 0.25) is 0 Å². The summed E-state index contributed by atoms with van der Waals surface area (Å²) < 4.78 is 0. The molecule has 3 aromatic rings. The second-order valence-electron chi connectivity index (χ2n) is 5.16. The molecule has 3 rings (SSSR count). The van der Waals surface area contributed by atoms with Crippen LogP contribution >= 0.6 is 11.3 Å². The second-order valence-corrected chi connectivity index (χ2v) is 6.02. The third-order valence-corrected chi connectivity index (χ3v) is 4.25. The van der Waals surface area contributed by atoms with E-state index >= 15 is 0 Å². The van der Waals surface area contributed by atoms with Gasteiger partial charge in [-0.3, -0.25) is 30.3 Å². The minimum absolute atomic E-state index is 0.175. The van der Waals surface area contributed by atoms with Crippen molar-refractivity contribution < 1.29 is 14.8 Å². The van der Waals surface area contributed by atoms with Crippen molar-refractivity contribution in [3.8, 4) is 11.3 Å². The lowest BCUT2D eigenvalue weighted by molar-refractivity contribution is -0.401. The van der Waals surface area contributed by atoms with Crippen LogP contribution in [0.25, 0.3) is 11.3 Å². The van der Waals surface area contributed by atoms with Crippen molar-refractivity contribution in [2.75, 3.05) is 5.32 Å². The molecular formula is C15H9N5O6S. The Morgan fingerprint density at radius 3 is 2.00 bits per heavy atom. The second kappa shape index (κ2) is 7.13. The van der Waals surface area contributed by atoms with Gasteiger partial charge in [0.05, 0.1) is 32.6 Å². The molecule has 0 aliphatic heterocycles. The normalized spacial score (nSPS) is 10.4. The van der Waals surface area contributed by atoms with Gasteiger partial charge >= 0.3 is 11.4 Å². The van der Waals surface area contributed by atoms with E-state index in [4.69, 9.17) is 0 Å². The molecule has 0 saturated carbocycles. The number of nitro benzene ring substituents is 3. The van der Waals surface area contributed by atoms with E-state index in [1.807, 2.05) is 30.3 Å². The number of thiazole rings is 1.